The van der Waals surface area contributed by atoms with Crippen molar-refractivity contribution in [1.82, 2.24) is 14.9 Å². The number of rotatable bonds is 7. The van der Waals surface area contributed by atoms with Crippen LogP contribution < -0.4 is 15.0 Å². The monoisotopic (exact) mass is 435 g/mol. The minimum atomic E-state index is -0.229. The fourth-order valence-electron chi connectivity index (χ4n) is 2.91. The number of hydrogen-bond acceptors (Lipinski definition) is 6. The second-order valence-electron chi connectivity index (χ2n) is 7.07. The number of H-pyrrole nitrogens is 1. The number of ether oxygens (including phenoxy) is 2. The minimum Gasteiger partial charge on any atom is -0.484 e. The van der Waals surface area contributed by atoms with E-state index < -0.39 is 0 Å². The number of nitrogens with zero attached hydrogens (tertiary/aromatic N) is 2. The number of nitrogens with one attached hydrogen (secondary N) is 1. The van der Waals surface area contributed by atoms with E-state index in [0.717, 1.165) is 5.75 Å². The molecule has 0 saturated heterocycles. The lowest BCUT2D eigenvalue weighted by Crippen LogP contribution is -2.32. The Labute approximate surface area is 182 Å². The van der Waals surface area contributed by atoms with Crippen LogP contribution in [-0.2, 0) is 11.3 Å². The number of amides is 1. The average molecular weight is 436 g/mol. The van der Waals surface area contributed by atoms with Crippen molar-refractivity contribution in [2.75, 3.05) is 13.7 Å². The van der Waals surface area contributed by atoms with Crippen LogP contribution in [0.15, 0.2) is 64.8 Å². The van der Waals surface area contributed by atoms with Crippen LogP contribution in [0.5, 0.6) is 17.2 Å². The van der Waals surface area contributed by atoms with Crippen molar-refractivity contribution in [3.63, 3.8) is 0 Å². The molecule has 2 heterocycles. The van der Waals surface area contributed by atoms with E-state index in [0.29, 0.717) is 27.5 Å². The zero-order valence-corrected chi connectivity index (χ0v) is 17.9. The maximum Gasteiger partial charge on any atom is 0.268 e. The number of hydrogen-bond donors (Lipinski definition) is 1. The molecule has 0 radical (unpaired) electrons. The van der Waals surface area contributed by atoms with Crippen molar-refractivity contribution >= 4 is 27.5 Å². The topological polar surface area (TPSA) is 84.5 Å². The van der Waals surface area contributed by atoms with Crippen LogP contribution in [0.1, 0.15) is 11.4 Å². The first-order chi connectivity index (χ1) is 15.0. The molecule has 2 aromatic heterocycles. The van der Waals surface area contributed by atoms with Crippen LogP contribution in [-0.4, -0.2) is 34.4 Å². The Morgan fingerprint density at radius 1 is 1.03 bits per heavy atom. The van der Waals surface area contributed by atoms with Crippen LogP contribution in [0.4, 0.5) is 0 Å². The molecule has 0 fully saturated rings. The van der Waals surface area contributed by atoms with Crippen molar-refractivity contribution in [3.8, 4) is 17.2 Å². The molecule has 1 N–H and O–H groups in total. The summed E-state index contributed by atoms with van der Waals surface area (Å²) in [6.45, 7) is 2.08. The highest BCUT2D eigenvalue weighted by molar-refractivity contribution is 7.17. The van der Waals surface area contributed by atoms with Gasteiger partial charge in [-0.25, -0.2) is 4.98 Å². The number of carbonyl (C=O) groups is 1. The van der Waals surface area contributed by atoms with Gasteiger partial charge in [0.25, 0.3) is 11.5 Å². The van der Waals surface area contributed by atoms with E-state index in [1.807, 2.05) is 36.6 Å². The third-order valence-electron chi connectivity index (χ3n) is 4.62. The Hall–Kier alpha value is -3.65. The number of aromatic nitrogens is 2. The quantitative estimate of drug-likeness (QED) is 0.472. The number of fused-ring (bicyclic) bond motifs is 1. The molecule has 0 spiro atoms. The molecule has 158 valence electrons. The van der Waals surface area contributed by atoms with Crippen LogP contribution >= 0.6 is 11.3 Å². The van der Waals surface area contributed by atoms with E-state index in [-0.39, 0.29) is 24.6 Å². The van der Waals surface area contributed by atoms with Gasteiger partial charge in [0.05, 0.1) is 12.1 Å². The van der Waals surface area contributed by atoms with Crippen LogP contribution in [0.2, 0.25) is 0 Å². The van der Waals surface area contributed by atoms with Crippen LogP contribution in [0.3, 0.4) is 0 Å². The van der Waals surface area contributed by atoms with Crippen LogP contribution in [0.25, 0.3) is 10.2 Å². The molecule has 0 aliphatic heterocycles. The molecule has 8 heteroatoms. The van der Waals surface area contributed by atoms with E-state index >= 15 is 0 Å². The van der Waals surface area contributed by atoms with Crippen LogP contribution in [0, 0.1) is 6.92 Å². The van der Waals surface area contributed by atoms with Gasteiger partial charge in [0.2, 0.25) is 0 Å². The average Bonchev–Trinajstić information content (AvgIpc) is 3.24. The molecule has 1 amide bonds. The molecule has 0 aliphatic rings. The summed E-state index contributed by atoms with van der Waals surface area (Å²) in [4.78, 5) is 33.0. The fraction of sp³-hybridized carbons (Fsp3) is 0.174. The maximum atomic E-state index is 12.4. The van der Waals surface area contributed by atoms with Gasteiger partial charge in [-0.3, -0.25) is 9.59 Å². The molecule has 4 rings (SSSR count). The van der Waals surface area contributed by atoms with Gasteiger partial charge in [0.1, 0.15) is 27.8 Å². The molecule has 4 aromatic rings. The summed E-state index contributed by atoms with van der Waals surface area (Å²) in [5.41, 5.74) is 1.61. The zero-order valence-electron chi connectivity index (χ0n) is 17.1. The van der Waals surface area contributed by atoms with Gasteiger partial charge >= 0.3 is 0 Å². The number of aromatic amines is 1. The maximum absolute atomic E-state index is 12.4. The summed E-state index contributed by atoms with van der Waals surface area (Å²) >= 11 is 1.34. The number of thiophene rings is 1. The lowest BCUT2D eigenvalue weighted by Gasteiger charge is -2.17. The summed E-state index contributed by atoms with van der Waals surface area (Å²) in [5, 5.41) is 1.82. The van der Waals surface area contributed by atoms with Gasteiger partial charge in [-0.1, -0.05) is 17.7 Å². The number of benzene rings is 2. The Kier molecular flexibility index (Phi) is 5.99. The van der Waals surface area contributed by atoms with Crippen molar-refractivity contribution < 1.29 is 14.3 Å². The molecular formula is C23H21N3O4S. The summed E-state index contributed by atoms with van der Waals surface area (Å²) in [5.74, 6) is 2.20. The lowest BCUT2D eigenvalue weighted by molar-refractivity contribution is -0.132. The highest BCUT2D eigenvalue weighted by atomic mass is 32.1. The zero-order chi connectivity index (χ0) is 21.8. The smallest absolute Gasteiger partial charge is 0.268 e. The number of likely N-dealkylation sites (N-methyl/N-ethyl adjacent to an activating group) is 1. The molecule has 0 atom stereocenters. The number of carbonyl (C=O) groups excluding carboxylic acids is 1. The number of aryl methyl sites for hydroxylation is 1. The van der Waals surface area contributed by atoms with Gasteiger partial charge in [-0.2, -0.15) is 0 Å². The molecule has 31 heavy (non-hydrogen) atoms. The van der Waals surface area contributed by atoms with E-state index in [9.17, 15) is 9.59 Å². The summed E-state index contributed by atoms with van der Waals surface area (Å²) in [7, 11) is 1.64. The Morgan fingerprint density at radius 3 is 2.39 bits per heavy atom. The van der Waals surface area contributed by atoms with Gasteiger partial charge in [-0.05, 0) is 54.8 Å². The largest absolute Gasteiger partial charge is 0.484 e. The highest BCUT2D eigenvalue weighted by Gasteiger charge is 2.13. The van der Waals surface area contributed by atoms with E-state index in [4.69, 9.17) is 9.47 Å². The molecule has 0 unspecified atom stereocenters. The molecular weight excluding hydrogens is 414 g/mol. The minimum absolute atomic E-state index is 0.125. The van der Waals surface area contributed by atoms with Gasteiger partial charge < -0.3 is 19.4 Å². The normalized spacial score (nSPS) is 10.8. The van der Waals surface area contributed by atoms with Crippen molar-refractivity contribution in [2.24, 2.45) is 0 Å². The molecule has 0 bridgehead atoms. The van der Waals surface area contributed by atoms with Gasteiger partial charge in [-0.15, -0.1) is 11.3 Å². The SMILES string of the molecule is Cc1ccc(Oc2ccc(OCC(=O)N(C)Cc3nc4ccsc4c(=O)[nH]3)cc2)cc1. The van der Waals surface area contributed by atoms with Crippen molar-refractivity contribution in [3.05, 3.63) is 81.7 Å². The van der Waals surface area contributed by atoms with Crippen molar-refractivity contribution in [1.29, 1.82) is 0 Å². The van der Waals surface area contributed by atoms with E-state index in [2.05, 4.69) is 9.97 Å². The second kappa shape index (κ2) is 9.01. The fourth-order valence-corrected chi connectivity index (χ4v) is 3.64. The molecule has 0 saturated carbocycles. The predicted molar refractivity (Wildman–Crippen MR) is 120 cm³/mol. The summed E-state index contributed by atoms with van der Waals surface area (Å²) in [6, 6.07) is 16.6. The predicted octanol–water partition coefficient (Wildman–Crippen LogP) is 4.12. The van der Waals surface area contributed by atoms with Crippen molar-refractivity contribution in [2.45, 2.75) is 13.5 Å². The Morgan fingerprint density at radius 2 is 1.68 bits per heavy atom. The van der Waals surface area contributed by atoms with E-state index in [1.165, 1.54) is 21.8 Å². The standard InChI is InChI=1S/C23H21N3O4S/c1-15-3-5-17(6-4-15)30-18-9-7-16(8-10-18)29-14-21(27)26(2)13-20-24-19-11-12-31-22(19)23(28)25-20/h3-12H,13-14H2,1-2H3,(H,24,25,28). The highest BCUT2D eigenvalue weighted by Crippen LogP contribution is 2.24. The third kappa shape index (κ3) is 5.10. The second-order valence-corrected chi connectivity index (χ2v) is 7.99. The molecule has 0 aliphatic carbocycles. The first-order valence-electron chi connectivity index (χ1n) is 9.66. The first kappa shape index (κ1) is 20.6. The molecule has 7 nitrogen and oxygen atoms in total. The Balaban J connectivity index is 1.31. The third-order valence-corrected chi connectivity index (χ3v) is 5.52. The van der Waals surface area contributed by atoms with E-state index in [1.54, 1.807) is 37.4 Å². The van der Waals surface area contributed by atoms with Gasteiger partial charge in [0.15, 0.2) is 6.61 Å². The summed E-state index contributed by atoms with van der Waals surface area (Å²) in [6.07, 6.45) is 0. The first-order valence-corrected chi connectivity index (χ1v) is 10.5. The lowest BCUT2D eigenvalue weighted by atomic mass is 10.2. The van der Waals surface area contributed by atoms with Gasteiger partial charge in [0, 0.05) is 7.05 Å². The summed E-state index contributed by atoms with van der Waals surface area (Å²) < 4.78 is 12.0. The molecule has 2 aromatic carbocycles. The Bertz CT molecular complexity index is 1250.